The van der Waals surface area contributed by atoms with E-state index in [2.05, 4.69) is 10.3 Å². The molecule has 7 heteroatoms. The molecule has 1 aromatic heterocycles. The van der Waals surface area contributed by atoms with Gasteiger partial charge in [-0.2, -0.15) is 0 Å². The van der Waals surface area contributed by atoms with Crippen molar-refractivity contribution >= 4 is 34.3 Å². The quantitative estimate of drug-likeness (QED) is 0.631. The minimum Gasteiger partial charge on any atom is -0.351 e. The Balaban J connectivity index is 1.39. The third-order valence-corrected chi connectivity index (χ3v) is 8.54. The minimum atomic E-state index is -0.673. The molecule has 2 amide bonds. The predicted octanol–water partition coefficient (Wildman–Crippen LogP) is 3.94. The number of aromatic amines is 1. The summed E-state index contributed by atoms with van der Waals surface area (Å²) in [7, 11) is 0. The molecule has 3 aliphatic rings. The van der Waals surface area contributed by atoms with Crippen molar-refractivity contribution in [3.63, 3.8) is 0 Å². The van der Waals surface area contributed by atoms with Gasteiger partial charge >= 0.3 is 0 Å². The summed E-state index contributed by atoms with van der Waals surface area (Å²) in [4.78, 5) is 57.3. The standard InChI is InChI=1S/C28H35N3O4/c1-3-24(32)22(13-17-8-6-12-25(17)33)30-27(34)26-19-10-5-9-18(19)15-31(26)28(35)23-14-20-16(2)7-4-11-21(20)29-23/h4,7,11,14,17-19,22,26,29H,3,5-6,8-10,12-13,15H2,1-2H3,(H,30,34)/t17-,18-,19-,22-,26-/m0/s1. The molecule has 35 heavy (non-hydrogen) atoms. The van der Waals surface area contributed by atoms with Crippen molar-refractivity contribution in [1.82, 2.24) is 15.2 Å². The van der Waals surface area contributed by atoms with Gasteiger partial charge in [-0.15, -0.1) is 0 Å². The first-order chi connectivity index (χ1) is 16.9. The van der Waals surface area contributed by atoms with Gasteiger partial charge in [-0.3, -0.25) is 19.2 Å². The van der Waals surface area contributed by atoms with Gasteiger partial charge < -0.3 is 15.2 Å². The van der Waals surface area contributed by atoms with Crippen LogP contribution in [-0.4, -0.2) is 51.9 Å². The molecule has 7 nitrogen and oxygen atoms in total. The Labute approximate surface area is 206 Å². The summed E-state index contributed by atoms with van der Waals surface area (Å²) >= 11 is 0. The minimum absolute atomic E-state index is 0.0528. The average molecular weight is 478 g/mol. The molecule has 186 valence electrons. The van der Waals surface area contributed by atoms with Gasteiger partial charge in [0, 0.05) is 36.2 Å². The number of hydrogen-bond acceptors (Lipinski definition) is 4. The summed E-state index contributed by atoms with van der Waals surface area (Å²) in [5.41, 5.74) is 2.49. The number of Topliss-reactive ketones (excluding diaryl/α,β-unsaturated/α-hetero) is 2. The van der Waals surface area contributed by atoms with E-state index >= 15 is 0 Å². The number of nitrogens with one attached hydrogen (secondary N) is 2. The van der Waals surface area contributed by atoms with Gasteiger partial charge in [-0.25, -0.2) is 0 Å². The number of likely N-dealkylation sites (tertiary alicyclic amines) is 1. The number of nitrogens with zero attached hydrogens (tertiary/aromatic N) is 1. The number of rotatable bonds is 7. The fourth-order valence-corrected chi connectivity index (χ4v) is 6.62. The Morgan fingerprint density at radius 2 is 2.00 bits per heavy atom. The van der Waals surface area contributed by atoms with Crippen molar-refractivity contribution in [3.05, 3.63) is 35.5 Å². The number of aromatic nitrogens is 1. The third kappa shape index (κ3) is 4.41. The number of H-pyrrole nitrogens is 1. The van der Waals surface area contributed by atoms with E-state index in [-0.39, 0.29) is 35.2 Å². The molecule has 0 bridgehead atoms. The van der Waals surface area contributed by atoms with Gasteiger partial charge in [0.15, 0.2) is 5.78 Å². The Morgan fingerprint density at radius 1 is 1.17 bits per heavy atom. The first kappa shape index (κ1) is 23.8. The van der Waals surface area contributed by atoms with Crippen LogP contribution in [0.2, 0.25) is 0 Å². The maximum absolute atomic E-state index is 13.7. The third-order valence-electron chi connectivity index (χ3n) is 8.54. The molecule has 2 aromatic rings. The molecular weight excluding hydrogens is 442 g/mol. The van der Waals surface area contributed by atoms with Crippen molar-refractivity contribution in [2.45, 2.75) is 77.3 Å². The summed E-state index contributed by atoms with van der Waals surface area (Å²) in [6, 6.07) is 6.54. The van der Waals surface area contributed by atoms with Crippen molar-refractivity contribution < 1.29 is 19.2 Å². The summed E-state index contributed by atoms with van der Waals surface area (Å²) in [5.74, 6) is -0.0328. The predicted molar refractivity (Wildman–Crippen MR) is 133 cm³/mol. The van der Waals surface area contributed by atoms with E-state index in [0.717, 1.165) is 48.6 Å². The van der Waals surface area contributed by atoms with Gasteiger partial charge in [-0.05, 0) is 68.6 Å². The summed E-state index contributed by atoms with van der Waals surface area (Å²) in [6.45, 7) is 4.36. The van der Waals surface area contributed by atoms with Crippen LogP contribution in [0.3, 0.4) is 0 Å². The summed E-state index contributed by atoms with van der Waals surface area (Å²) in [5, 5.41) is 4.00. The highest BCUT2D eigenvalue weighted by Crippen LogP contribution is 2.43. The topological polar surface area (TPSA) is 99.3 Å². The molecule has 2 aliphatic carbocycles. The fraction of sp³-hybridized carbons (Fsp3) is 0.571. The Bertz CT molecular complexity index is 1170. The monoisotopic (exact) mass is 477 g/mol. The largest absolute Gasteiger partial charge is 0.351 e. The molecule has 5 atom stereocenters. The normalized spacial score (nSPS) is 26.8. The fourth-order valence-electron chi connectivity index (χ4n) is 6.62. The van der Waals surface area contributed by atoms with Crippen LogP contribution < -0.4 is 5.32 Å². The summed E-state index contributed by atoms with van der Waals surface area (Å²) in [6.07, 6.45) is 5.84. The molecule has 1 aromatic carbocycles. The van der Waals surface area contributed by atoms with E-state index in [1.54, 1.807) is 11.8 Å². The molecular formula is C28H35N3O4. The molecule has 1 saturated heterocycles. The smallest absolute Gasteiger partial charge is 0.271 e. The number of fused-ring (bicyclic) bond motifs is 2. The second-order valence-corrected chi connectivity index (χ2v) is 10.6. The molecule has 2 heterocycles. The van der Waals surface area contributed by atoms with Gasteiger partial charge in [0.05, 0.1) is 6.04 Å². The van der Waals surface area contributed by atoms with Crippen molar-refractivity contribution in [2.24, 2.45) is 17.8 Å². The molecule has 3 fully saturated rings. The molecule has 0 spiro atoms. The lowest BCUT2D eigenvalue weighted by Crippen LogP contribution is -2.53. The van der Waals surface area contributed by atoms with Crippen LogP contribution in [0.4, 0.5) is 0 Å². The maximum Gasteiger partial charge on any atom is 0.271 e. The zero-order valence-corrected chi connectivity index (χ0v) is 20.6. The van der Waals surface area contributed by atoms with Crippen LogP contribution in [0.25, 0.3) is 10.9 Å². The molecule has 0 unspecified atom stereocenters. The lowest BCUT2D eigenvalue weighted by molar-refractivity contribution is -0.131. The molecule has 2 saturated carbocycles. The van der Waals surface area contributed by atoms with E-state index in [0.29, 0.717) is 37.4 Å². The van der Waals surface area contributed by atoms with E-state index in [1.165, 1.54) is 0 Å². The van der Waals surface area contributed by atoms with Crippen molar-refractivity contribution in [3.8, 4) is 0 Å². The number of benzene rings is 1. The highest BCUT2D eigenvalue weighted by Gasteiger charge is 2.50. The molecule has 5 rings (SSSR count). The van der Waals surface area contributed by atoms with Crippen molar-refractivity contribution in [2.75, 3.05) is 6.54 Å². The first-order valence-electron chi connectivity index (χ1n) is 13.1. The Hall–Kier alpha value is -2.96. The summed E-state index contributed by atoms with van der Waals surface area (Å²) < 4.78 is 0. The number of carbonyl (C=O) groups excluding carboxylic acids is 4. The Morgan fingerprint density at radius 3 is 2.71 bits per heavy atom. The van der Waals surface area contributed by atoms with Gasteiger partial charge in [0.1, 0.15) is 17.5 Å². The highest BCUT2D eigenvalue weighted by molar-refractivity contribution is 6.02. The van der Waals surface area contributed by atoms with Crippen LogP contribution >= 0.6 is 0 Å². The number of amides is 2. The van der Waals surface area contributed by atoms with Gasteiger partial charge in [0.25, 0.3) is 5.91 Å². The molecule has 2 N–H and O–H groups in total. The number of carbonyl (C=O) groups is 4. The lowest BCUT2D eigenvalue weighted by Gasteiger charge is -2.29. The van der Waals surface area contributed by atoms with Crippen LogP contribution in [0, 0.1) is 24.7 Å². The van der Waals surface area contributed by atoms with Crippen molar-refractivity contribution in [1.29, 1.82) is 0 Å². The lowest BCUT2D eigenvalue weighted by atomic mass is 9.91. The number of ketones is 2. The zero-order chi connectivity index (χ0) is 24.7. The van der Waals surface area contributed by atoms with E-state index in [1.807, 2.05) is 31.2 Å². The first-order valence-corrected chi connectivity index (χ1v) is 13.1. The molecule has 0 radical (unpaired) electrons. The van der Waals surface area contributed by atoms with Crippen LogP contribution in [0.15, 0.2) is 24.3 Å². The van der Waals surface area contributed by atoms with E-state index < -0.39 is 12.1 Å². The molecule has 1 aliphatic heterocycles. The van der Waals surface area contributed by atoms with Crippen LogP contribution in [0.5, 0.6) is 0 Å². The number of hydrogen-bond donors (Lipinski definition) is 2. The zero-order valence-electron chi connectivity index (χ0n) is 20.6. The Kier molecular flexibility index (Phi) is 6.51. The van der Waals surface area contributed by atoms with Crippen LogP contribution in [-0.2, 0) is 14.4 Å². The van der Waals surface area contributed by atoms with E-state index in [9.17, 15) is 19.2 Å². The second-order valence-electron chi connectivity index (χ2n) is 10.6. The van der Waals surface area contributed by atoms with Gasteiger partial charge in [0.2, 0.25) is 5.91 Å². The average Bonchev–Trinajstić information content (AvgIpc) is 3.61. The maximum atomic E-state index is 13.7. The van der Waals surface area contributed by atoms with Gasteiger partial charge in [-0.1, -0.05) is 25.5 Å². The highest BCUT2D eigenvalue weighted by atomic mass is 16.2. The van der Waals surface area contributed by atoms with E-state index in [4.69, 9.17) is 0 Å². The second kappa shape index (κ2) is 9.59. The number of aryl methyl sites for hydroxylation is 1. The van der Waals surface area contributed by atoms with Crippen LogP contribution in [0.1, 0.15) is 74.3 Å². The SMILES string of the molecule is CCC(=O)[C@H](C[C@@H]1CCCC1=O)NC(=O)[C@@H]1[C@H]2CCC[C@H]2CN1C(=O)c1cc2c(C)cccc2[nH]1.